The molecule has 1 aliphatic heterocycles. The summed E-state index contributed by atoms with van der Waals surface area (Å²) in [5.41, 5.74) is 1.19. The lowest BCUT2D eigenvalue weighted by atomic mass is 9.82. The van der Waals surface area contributed by atoms with E-state index in [-0.39, 0.29) is 12.1 Å². The summed E-state index contributed by atoms with van der Waals surface area (Å²) in [4.78, 5) is 0. The average molecular weight is 280 g/mol. The highest BCUT2D eigenvalue weighted by molar-refractivity contribution is 5.08. The minimum absolute atomic E-state index is 0.258. The number of aromatic nitrogens is 3. The van der Waals surface area contributed by atoms with Crippen LogP contribution in [0.4, 0.5) is 0 Å². The normalized spacial score (nSPS) is 31.6. The van der Waals surface area contributed by atoms with Crippen LogP contribution in [-0.2, 0) is 11.3 Å². The maximum absolute atomic E-state index is 6.02. The third-order valence-corrected chi connectivity index (χ3v) is 4.53. The predicted octanol–water partition coefficient (Wildman–Crippen LogP) is 2.40. The average Bonchev–Trinajstić information content (AvgIpc) is 2.95. The van der Waals surface area contributed by atoms with E-state index in [0.717, 1.165) is 19.5 Å². The topological polar surface area (TPSA) is 52.0 Å². The largest absolute Gasteiger partial charge is 0.375 e. The molecular weight excluding hydrogens is 252 g/mol. The smallest absolute Gasteiger partial charge is 0.0760 e. The Morgan fingerprint density at radius 3 is 2.60 bits per heavy atom. The van der Waals surface area contributed by atoms with E-state index >= 15 is 0 Å². The Morgan fingerprint density at radius 1 is 1.30 bits per heavy atom. The molecule has 1 aliphatic rings. The highest BCUT2D eigenvalue weighted by atomic mass is 16.5. The van der Waals surface area contributed by atoms with Gasteiger partial charge in [-0.3, -0.25) is 0 Å². The Labute approximate surface area is 122 Å². The number of hydrogen-bond acceptors (Lipinski definition) is 4. The Morgan fingerprint density at radius 2 is 2.05 bits per heavy atom. The van der Waals surface area contributed by atoms with Crippen LogP contribution in [0.15, 0.2) is 6.20 Å². The van der Waals surface area contributed by atoms with Crippen molar-refractivity contribution in [2.24, 2.45) is 11.8 Å². The quantitative estimate of drug-likeness (QED) is 0.869. The van der Waals surface area contributed by atoms with Gasteiger partial charge in [0, 0.05) is 12.5 Å². The van der Waals surface area contributed by atoms with E-state index in [1.165, 1.54) is 5.69 Å². The van der Waals surface area contributed by atoms with Gasteiger partial charge in [0.25, 0.3) is 0 Å². The van der Waals surface area contributed by atoms with Crippen molar-refractivity contribution in [3.8, 4) is 0 Å². The minimum Gasteiger partial charge on any atom is -0.375 e. The zero-order chi connectivity index (χ0) is 14.7. The fourth-order valence-corrected chi connectivity index (χ4v) is 3.42. The summed E-state index contributed by atoms with van der Waals surface area (Å²) < 4.78 is 8.06. The van der Waals surface area contributed by atoms with Crippen LogP contribution in [0.5, 0.6) is 0 Å². The fourth-order valence-electron chi connectivity index (χ4n) is 3.42. The van der Waals surface area contributed by atoms with Crippen LogP contribution in [0.3, 0.4) is 0 Å². The predicted molar refractivity (Wildman–Crippen MR) is 79.4 cm³/mol. The van der Waals surface area contributed by atoms with E-state index in [1.54, 1.807) is 0 Å². The molecule has 0 aromatic carbocycles. The molecule has 1 aromatic rings. The second-order valence-corrected chi connectivity index (χ2v) is 5.90. The summed E-state index contributed by atoms with van der Waals surface area (Å²) in [5.74, 6) is 0.984. The van der Waals surface area contributed by atoms with Gasteiger partial charge in [-0.15, -0.1) is 5.10 Å². The fraction of sp³-hybridized carbons (Fsp3) is 0.867. The van der Waals surface area contributed by atoms with Crippen LogP contribution >= 0.6 is 0 Å². The minimum atomic E-state index is 0.258. The lowest BCUT2D eigenvalue weighted by Gasteiger charge is -2.29. The van der Waals surface area contributed by atoms with Gasteiger partial charge in [-0.25, -0.2) is 4.68 Å². The lowest BCUT2D eigenvalue weighted by molar-refractivity contribution is 0.0472. The molecule has 1 aromatic heterocycles. The lowest BCUT2D eigenvalue weighted by Crippen LogP contribution is -2.36. The van der Waals surface area contributed by atoms with Crippen LogP contribution in [0.1, 0.15) is 52.8 Å². The summed E-state index contributed by atoms with van der Waals surface area (Å²) in [7, 11) is 0. The monoisotopic (exact) mass is 280 g/mol. The number of aryl methyl sites for hydroxylation is 1. The molecule has 0 bridgehead atoms. The highest BCUT2D eigenvalue weighted by Gasteiger charge is 2.43. The molecule has 0 aliphatic carbocycles. The molecule has 0 saturated carbocycles. The van der Waals surface area contributed by atoms with Gasteiger partial charge in [0.2, 0.25) is 0 Å². The van der Waals surface area contributed by atoms with E-state index < -0.39 is 0 Å². The van der Waals surface area contributed by atoms with Crippen LogP contribution in [-0.4, -0.2) is 33.7 Å². The van der Waals surface area contributed by atoms with Gasteiger partial charge in [-0.2, -0.15) is 0 Å². The van der Waals surface area contributed by atoms with Gasteiger partial charge < -0.3 is 10.1 Å². The van der Waals surface area contributed by atoms with E-state index in [4.69, 9.17) is 4.74 Å². The van der Waals surface area contributed by atoms with E-state index in [9.17, 15) is 0 Å². The van der Waals surface area contributed by atoms with Crippen molar-refractivity contribution in [3.05, 3.63) is 11.9 Å². The van der Waals surface area contributed by atoms with Gasteiger partial charge in [-0.05, 0) is 32.7 Å². The first kappa shape index (κ1) is 15.4. The highest BCUT2D eigenvalue weighted by Crippen LogP contribution is 2.40. The van der Waals surface area contributed by atoms with Crippen molar-refractivity contribution < 1.29 is 4.74 Å². The van der Waals surface area contributed by atoms with Gasteiger partial charge >= 0.3 is 0 Å². The molecule has 1 fully saturated rings. The first-order valence-corrected chi connectivity index (χ1v) is 7.87. The molecule has 114 valence electrons. The molecule has 0 radical (unpaired) electrons. The summed E-state index contributed by atoms with van der Waals surface area (Å²) in [6.07, 6.45) is 3.55. The molecule has 5 unspecified atom stereocenters. The van der Waals surface area contributed by atoms with E-state index in [1.807, 2.05) is 10.9 Å². The number of nitrogens with one attached hydrogen (secondary N) is 1. The molecule has 1 saturated heterocycles. The van der Waals surface area contributed by atoms with Crippen molar-refractivity contribution in [2.45, 2.75) is 65.8 Å². The van der Waals surface area contributed by atoms with Crippen LogP contribution in [0, 0.1) is 11.8 Å². The van der Waals surface area contributed by atoms with Crippen molar-refractivity contribution in [1.82, 2.24) is 20.3 Å². The molecule has 0 amide bonds. The second kappa shape index (κ2) is 6.68. The summed E-state index contributed by atoms with van der Waals surface area (Å²) in [5, 5.41) is 12.0. The van der Waals surface area contributed by atoms with Gasteiger partial charge in [0.15, 0.2) is 0 Å². The third-order valence-electron chi connectivity index (χ3n) is 4.53. The summed E-state index contributed by atoms with van der Waals surface area (Å²) >= 11 is 0. The van der Waals surface area contributed by atoms with E-state index in [2.05, 4.69) is 50.2 Å². The summed E-state index contributed by atoms with van der Waals surface area (Å²) in [6.45, 7) is 12.8. The van der Waals surface area contributed by atoms with Gasteiger partial charge in [0.05, 0.1) is 30.1 Å². The van der Waals surface area contributed by atoms with Crippen LogP contribution in [0.2, 0.25) is 0 Å². The first-order valence-electron chi connectivity index (χ1n) is 7.87. The Bertz CT molecular complexity index is 420. The molecular formula is C15H28N4O. The van der Waals surface area contributed by atoms with Crippen LogP contribution < -0.4 is 5.32 Å². The van der Waals surface area contributed by atoms with Crippen molar-refractivity contribution in [2.75, 3.05) is 6.54 Å². The molecule has 2 heterocycles. The van der Waals surface area contributed by atoms with E-state index in [0.29, 0.717) is 17.9 Å². The molecule has 5 nitrogen and oxygen atoms in total. The van der Waals surface area contributed by atoms with Crippen molar-refractivity contribution >= 4 is 0 Å². The van der Waals surface area contributed by atoms with Crippen molar-refractivity contribution in [3.63, 3.8) is 0 Å². The second-order valence-electron chi connectivity index (χ2n) is 5.90. The molecule has 2 rings (SSSR count). The summed E-state index contributed by atoms with van der Waals surface area (Å²) in [6, 6.07) is 0.261. The SMILES string of the molecule is CCCn1nncc1C(NCC)C1C(C)OC(C)C1C. The standard InChI is InChI=1S/C15H28N4O/c1-6-8-19-13(9-17-18-19)15(16-7-2)14-10(3)11(4)20-12(14)5/h9-12,14-16H,6-8H2,1-5H3. The molecule has 0 spiro atoms. The first-order chi connectivity index (χ1) is 9.60. The zero-order valence-electron chi connectivity index (χ0n) is 13.3. The maximum atomic E-state index is 6.02. The van der Waals surface area contributed by atoms with Crippen molar-refractivity contribution in [1.29, 1.82) is 0 Å². The van der Waals surface area contributed by atoms with Gasteiger partial charge in [0.1, 0.15) is 0 Å². The van der Waals surface area contributed by atoms with Gasteiger partial charge in [-0.1, -0.05) is 26.0 Å². The number of hydrogen-bond donors (Lipinski definition) is 1. The Balaban J connectivity index is 2.28. The Hall–Kier alpha value is -0.940. The molecule has 5 heteroatoms. The van der Waals surface area contributed by atoms with Crippen LogP contribution in [0.25, 0.3) is 0 Å². The Kier molecular flexibility index (Phi) is 5.16. The zero-order valence-corrected chi connectivity index (χ0v) is 13.3. The third kappa shape index (κ3) is 2.88. The molecule has 1 N–H and O–H groups in total. The maximum Gasteiger partial charge on any atom is 0.0760 e. The number of nitrogens with zero attached hydrogens (tertiary/aromatic N) is 3. The number of ether oxygens (including phenoxy) is 1. The molecule has 20 heavy (non-hydrogen) atoms. The molecule has 5 atom stereocenters. The number of rotatable bonds is 6.